The van der Waals surface area contributed by atoms with Gasteiger partial charge in [0.25, 0.3) is 0 Å². The number of benzene rings is 7. The Kier molecular flexibility index (Phi) is 7.52. The van der Waals surface area contributed by atoms with Crippen molar-refractivity contribution in [3.63, 3.8) is 0 Å². The lowest BCUT2D eigenvalue weighted by Gasteiger charge is -2.18. The van der Waals surface area contributed by atoms with Gasteiger partial charge in [0.05, 0.1) is 10.2 Å². The Bertz CT molecular complexity index is 2410. The van der Waals surface area contributed by atoms with Gasteiger partial charge in [0.2, 0.25) is 0 Å². The van der Waals surface area contributed by atoms with Crippen LogP contribution < -0.4 is 0 Å². The average molecular weight is 640 g/mol. The van der Waals surface area contributed by atoms with Crippen LogP contribution in [0.5, 0.6) is 0 Å². The zero-order valence-corrected chi connectivity index (χ0v) is 28.3. The van der Waals surface area contributed by atoms with Crippen LogP contribution in [0, 0.1) is 20.8 Å². The fourth-order valence-electron chi connectivity index (χ4n) is 6.52. The molecule has 0 aliphatic heterocycles. The number of thioether (sulfide) groups is 1. The summed E-state index contributed by atoms with van der Waals surface area (Å²) >= 11 is 3.50. The lowest BCUT2D eigenvalue weighted by atomic mass is 9.86. The molecule has 0 aliphatic carbocycles. The zero-order valence-electron chi connectivity index (χ0n) is 26.7. The molecule has 7 aromatic carbocycles. The molecule has 1 heterocycles. The van der Waals surface area contributed by atoms with E-state index in [0.29, 0.717) is 0 Å². The quantitative estimate of drug-likeness (QED) is 0.133. The maximum atomic E-state index is 4.93. The molecule has 1 aromatic heterocycles. The van der Waals surface area contributed by atoms with E-state index in [1.165, 1.54) is 70.1 Å². The first-order chi connectivity index (χ1) is 22.9. The van der Waals surface area contributed by atoms with E-state index in [2.05, 4.69) is 161 Å². The topological polar surface area (TPSA) is 12.9 Å². The van der Waals surface area contributed by atoms with Gasteiger partial charge in [-0.2, -0.15) is 0 Å². The van der Waals surface area contributed by atoms with Crippen molar-refractivity contribution in [3.05, 3.63) is 162 Å². The molecule has 0 saturated heterocycles. The third kappa shape index (κ3) is 5.46. The minimum absolute atomic E-state index is 1.06. The van der Waals surface area contributed by atoms with Gasteiger partial charge in [-0.3, -0.25) is 0 Å². The highest BCUT2D eigenvalue weighted by Crippen LogP contribution is 2.45. The lowest BCUT2D eigenvalue weighted by molar-refractivity contribution is 1.27. The number of fused-ring (bicyclic) bond motifs is 3. The second kappa shape index (κ2) is 12.0. The zero-order chi connectivity index (χ0) is 32.1. The first-order valence-corrected chi connectivity index (χ1v) is 17.5. The highest BCUT2D eigenvalue weighted by atomic mass is 32.2. The molecule has 8 aromatic rings. The molecule has 0 amide bonds. The Morgan fingerprint density at radius 1 is 0.574 bits per heavy atom. The SMILES string of the molecule is C=C(Sc1cc(C)ccc1C)c1ccc(-c2c3ccccc3c(-c3ccc(-c4nc5ccc(C)cc5s4)cc3)c3ccccc23)cc1. The predicted octanol–water partition coefficient (Wildman–Crippen LogP) is 13.3. The second-order valence-corrected chi connectivity index (χ2v) is 14.4. The van der Waals surface area contributed by atoms with Gasteiger partial charge in [-0.25, -0.2) is 4.98 Å². The summed E-state index contributed by atoms with van der Waals surface area (Å²) in [6, 6.07) is 48.6. The molecule has 0 fully saturated rings. The molecule has 47 heavy (non-hydrogen) atoms. The normalized spacial score (nSPS) is 11.5. The summed E-state index contributed by atoms with van der Waals surface area (Å²) < 4.78 is 1.23. The molecule has 8 rings (SSSR count). The molecule has 0 N–H and O–H groups in total. The van der Waals surface area contributed by atoms with E-state index in [9.17, 15) is 0 Å². The largest absolute Gasteiger partial charge is 0.236 e. The van der Waals surface area contributed by atoms with Crippen molar-refractivity contribution in [1.82, 2.24) is 4.98 Å². The number of aryl methyl sites for hydroxylation is 3. The van der Waals surface area contributed by atoms with Gasteiger partial charge in [0.1, 0.15) is 5.01 Å². The number of thiazole rings is 1. The standard InChI is InChI=1S/C44H33NS2/c1-27-13-15-29(3)40(25-27)46-30(4)31-16-18-32(19-17-31)42-35-9-5-7-11-37(35)43(38-12-8-6-10-36(38)42)33-20-22-34(23-21-33)44-45-39-24-14-28(2)26-41(39)47-44/h5-26H,4H2,1-3H3. The molecule has 0 spiro atoms. The first-order valence-electron chi connectivity index (χ1n) is 15.9. The van der Waals surface area contributed by atoms with Gasteiger partial charge in [-0.1, -0.05) is 134 Å². The van der Waals surface area contributed by atoms with E-state index in [0.717, 1.165) is 26.6 Å². The molecule has 0 atom stereocenters. The van der Waals surface area contributed by atoms with Crippen molar-refractivity contribution in [2.24, 2.45) is 0 Å². The number of hydrogen-bond donors (Lipinski definition) is 0. The fraction of sp³-hybridized carbons (Fsp3) is 0.0682. The Balaban J connectivity index is 1.20. The van der Waals surface area contributed by atoms with Gasteiger partial charge in [-0.15, -0.1) is 11.3 Å². The van der Waals surface area contributed by atoms with E-state index in [4.69, 9.17) is 4.98 Å². The van der Waals surface area contributed by atoms with Crippen molar-refractivity contribution >= 4 is 59.8 Å². The van der Waals surface area contributed by atoms with E-state index in [-0.39, 0.29) is 0 Å². The second-order valence-electron chi connectivity index (χ2n) is 12.3. The molecule has 1 nitrogen and oxygen atoms in total. The van der Waals surface area contributed by atoms with Crippen LogP contribution >= 0.6 is 23.1 Å². The highest BCUT2D eigenvalue weighted by Gasteiger charge is 2.17. The molecule has 0 bridgehead atoms. The summed E-state index contributed by atoms with van der Waals surface area (Å²) in [5, 5.41) is 6.07. The summed E-state index contributed by atoms with van der Waals surface area (Å²) in [7, 11) is 0. The predicted molar refractivity (Wildman–Crippen MR) is 206 cm³/mol. The summed E-state index contributed by atoms with van der Waals surface area (Å²) in [4.78, 5) is 7.24. The van der Waals surface area contributed by atoms with Gasteiger partial charge in [-0.05, 0) is 105 Å². The van der Waals surface area contributed by atoms with Crippen LogP contribution in [0.1, 0.15) is 22.3 Å². The van der Waals surface area contributed by atoms with Gasteiger partial charge >= 0.3 is 0 Å². The van der Waals surface area contributed by atoms with Crippen LogP contribution in [0.3, 0.4) is 0 Å². The molecule has 0 aliphatic rings. The molecule has 0 saturated carbocycles. The van der Waals surface area contributed by atoms with Crippen molar-refractivity contribution in [2.75, 3.05) is 0 Å². The minimum atomic E-state index is 1.06. The maximum Gasteiger partial charge on any atom is 0.124 e. The van der Waals surface area contributed by atoms with Crippen LogP contribution in [0.4, 0.5) is 0 Å². The van der Waals surface area contributed by atoms with Crippen LogP contribution in [-0.2, 0) is 0 Å². The van der Waals surface area contributed by atoms with Crippen molar-refractivity contribution in [3.8, 4) is 32.8 Å². The van der Waals surface area contributed by atoms with Crippen LogP contribution in [0.25, 0.3) is 69.5 Å². The highest BCUT2D eigenvalue weighted by molar-refractivity contribution is 8.08. The summed E-state index contributed by atoms with van der Waals surface area (Å²) in [5.74, 6) is 0. The Labute approximate surface area is 284 Å². The minimum Gasteiger partial charge on any atom is -0.236 e. The number of aromatic nitrogens is 1. The third-order valence-corrected chi connectivity index (χ3v) is 11.2. The van der Waals surface area contributed by atoms with E-state index < -0.39 is 0 Å². The van der Waals surface area contributed by atoms with Crippen LogP contribution in [0.2, 0.25) is 0 Å². The molecular formula is C44H33NS2. The average Bonchev–Trinajstić information content (AvgIpc) is 3.52. The van der Waals surface area contributed by atoms with E-state index in [1.54, 1.807) is 23.1 Å². The van der Waals surface area contributed by atoms with Gasteiger partial charge in [0, 0.05) is 15.4 Å². The van der Waals surface area contributed by atoms with Crippen molar-refractivity contribution in [1.29, 1.82) is 0 Å². The maximum absolute atomic E-state index is 4.93. The molecule has 226 valence electrons. The van der Waals surface area contributed by atoms with Gasteiger partial charge < -0.3 is 0 Å². The smallest absolute Gasteiger partial charge is 0.124 e. The first kappa shape index (κ1) is 29.4. The number of hydrogen-bond acceptors (Lipinski definition) is 3. The van der Waals surface area contributed by atoms with E-state index in [1.807, 2.05) is 0 Å². The van der Waals surface area contributed by atoms with Crippen LogP contribution in [0.15, 0.2) is 145 Å². The Morgan fingerprint density at radius 3 is 1.68 bits per heavy atom. The third-order valence-electron chi connectivity index (χ3n) is 8.97. The summed E-state index contributed by atoms with van der Waals surface area (Å²) in [6.45, 7) is 10.9. The monoisotopic (exact) mass is 639 g/mol. The molecule has 0 unspecified atom stereocenters. The Morgan fingerprint density at radius 2 is 1.09 bits per heavy atom. The number of rotatable bonds is 6. The fourth-order valence-corrected chi connectivity index (χ4v) is 8.58. The number of nitrogens with zero attached hydrogens (tertiary/aromatic N) is 1. The molecule has 3 heteroatoms. The molecular weight excluding hydrogens is 607 g/mol. The van der Waals surface area contributed by atoms with Crippen molar-refractivity contribution < 1.29 is 0 Å². The molecule has 0 radical (unpaired) electrons. The summed E-state index contributed by atoms with van der Waals surface area (Å²) in [5.41, 5.74) is 12.1. The Hall–Kier alpha value is -4.96. The van der Waals surface area contributed by atoms with Crippen LogP contribution in [-0.4, -0.2) is 4.98 Å². The van der Waals surface area contributed by atoms with E-state index >= 15 is 0 Å². The summed E-state index contributed by atoms with van der Waals surface area (Å²) in [6.07, 6.45) is 0. The lowest BCUT2D eigenvalue weighted by Crippen LogP contribution is -1.91. The van der Waals surface area contributed by atoms with Crippen molar-refractivity contribution in [2.45, 2.75) is 25.7 Å². The van der Waals surface area contributed by atoms with Gasteiger partial charge in [0.15, 0.2) is 0 Å².